The highest BCUT2D eigenvalue weighted by atomic mass is 79.9. The molecule has 3 N–H and O–H groups in total. The Kier molecular flexibility index (Phi) is 6.43. The maximum Gasteiger partial charge on any atom is 0.327 e. The van der Waals surface area contributed by atoms with Crippen molar-refractivity contribution in [3.05, 3.63) is 38.8 Å². The molecule has 6 heteroatoms. The fraction of sp³-hybridized carbons (Fsp3) is 0.400. The van der Waals surface area contributed by atoms with E-state index in [0.717, 1.165) is 10.5 Å². The number of carboxylic acid groups (broad SMARTS) is 1. The van der Waals surface area contributed by atoms with Gasteiger partial charge in [0.25, 0.3) is 0 Å². The van der Waals surface area contributed by atoms with Crippen molar-refractivity contribution >= 4 is 37.8 Å². The zero-order valence-electron chi connectivity index (χ0n) is 11.8. The Morgan fingerprint density at radius 3 is 2.57 bits per heavy atom. The van der Waals surface area contributed by atoms with E-state index in [9.17, 15) is 15.0 Å². The van der Waals surface area contributed by atoms with Gasteiger partial charge in [-0.1, -0.05) is 35.9 Å². The summed E-state index contributed by atoms with van der Waals surface area (Å²) in [4.78, 5) is 10.4. The van der Waals surface area contributed by atoms with E-state index >= 15 is 0 Å². The van der Waals surface area contributed by atoms with E-state index in [2.05, 4.69) is 31.9 Å². The van der Waals surface area contributed by atoms with E-state index in [1.807, 2.05) is 13.8 Å². The average Bonchev–Trinajstić information content (AvgIpc) is 2.38. The van der Waals surface area contributed by atoms with Gasteiger partial charge in [-0.2, -0.15) is 0 Å². The molecule has 21 heavy (non-hydrogen) atoms. The lowest BCUT2D eigenvalue weighted by molar-refractivity contribution is -0.131. The van der Waals surface area contributed by atoms with Crippen LogP contribution >= 0.6 is 31.9 Å². The van der Waals surface area contributed by atoms with Crippen LogP contribution < -0.4 is 0 Å². The number of phenolic OH excluding ortho intramolecular Hbond substituents is 1. The number of phenols is 1. The predicted octanol–water partition coefficient (Wildman–Crippen LogP) is 4.40. The Bertz CT molecular complexity index is 553. The lowest BCUT2D eigenvalue weighted by Crippen LogP contribution is -2.22. The minimum absolute atomic E-state index is 0.0138. The van der Waals surface area contributed by atoms with Crippen molar-refractivity contribution in [1.29, 1.82) is 0 Å². The summed E-state index contributed by atoms with van der Waals surface area (Å²) < 4.78 is 1.26. The van der Waals surface area contributed by atoms with Crippen LogP contribution in [0, 0.1) is 5.41 Å². The first-order valence-electron chi connectivity index (χ1n) is 6.40. The summed E-state index contributed by atoms with van der Waals surface area (Å²) in [5.41, 5.74) is -0.0796. The standard InChI is InChI=1S/C15H18Br2O4/c1-15(2,6-4-3-5-12(18)19)14(21)10-7-9(16)8-11(17)13(10)20/h3,5,7-8,14,20-21H,4,6H2,1-2H3,(H,18,19)/b5-3+/t14-/m1/s1. The number of halogens is 2. The Morgan fingerprint density at radius 1 is 1.38 bits per heavy atom. The number of hydrogen-bond donors (Lipinski definition) is 3. The third-order valence-corrected chi connectivity index (χ3v) is 4.37. The Hall–Kier alpha value is -0.850. The molecule has 0 heterocycles. The van der Waals surface area contributed by atoms with Crippen molar-refractivity contribution < 1.29 is 20.1 Å². The minimum atomic E-state index is -0.984. The summed E-state index contributed by atoms with van der Waals surface area (Å²) in [6, 6.07) is 3.38. The number of carbonyl (C=O) groups is 1. The van der Waals surface area contributed by atoms with Gasteiger partial charge in [-0.05, 0) is 46.3 Å². The number of aliphatic carboxylic acids is 1. The van der Waals surface area contributed by atoms with E-state index in [0.29, 0.717) is 22.9 Å². The van der Waals surface area contributed by atoms with Crippen LogP contribution in [0.25, 0.3) is 0 Å². The molecule has 0 aliphatic carbocycles. The second-order valence-electron chi connectivity index (χ2n) is 5.50. The monoisotopic (exact) mass is 420 g/mol. The molecule has 0 spiro atoms. The SMILES string of the molecule is CC(C)(CC/C=C/C(=O)O)[C@H](O)c1cc(Br)cc(Br)c1O. The summed E-state index contributed by atoms with van der Waals surface area (Å²) in [6.45, 7) is 3.75. The number of benzene rings is 1. The van der Waals surface area contributed by atoms with Gasteiger partial charge in [0, 0.05) is 16.1 Å². The Morgan fingerprint density at radius 2 is 2.00 bits per heavy atom. The van der Waals surface area contributed by atoms with Gasteiger partial charge < -0.3 is 15.3 Å². The fourth-order valence-corrected chi connectivity index (χ4v) is 3.25. The molecule has 1 rings (SSSR count). The van der Waals surface area contributed by atoms with E-state index in [4.69, 9.17) is 5.11 Å². The van der Waals surface area contributed by atoms with Crippen LogP contribution in [-0.2, 0) is 4.79 Å². The lowest BCUT2D eigenvalue weighted by Gasteiger charge is -2.31. The highest BCUT2D eigenvalue weighted by Gasteiger charge is 2.31. The first-order chi connectivity index (χ1) is 9.65. The minimum Gasteiger partial charge on any atom is -0.506 e. The maximum absolute atomic E-state index is 10.5. The molecule has 0 amide bonds. The summed E-state index contributed by atoms with van der Waals surface area (Å²) >= 11 is 6.58. The summed E-state index contributed by atoms with van der Waals surface area (Å²) in [5.74, 6) is -0.971. The number of allylic oxidation sites excluding steroid dienone is 1. The van der Waals surface area contributed by atoms with Crippen molar-refractivity contribution in [3.8, 4) is 5.75 Å². The van der Waals surface area contributed by atoms with Crippen molar-refractivity contribution in [2.24, 2.45) is 5.41 Å². The third kappa shape index (κ3) is 5.13. The van der Waals surface area contributed by atoms with Crippen molar-refractivity contribution in [2.45, 2.75) is 32.8 Å². The molecule has 0 radical (unpaired) electrons. The highest BCUT2D eigenvalue weighted by molar-refractivity contribution is 9.11. The number of aromatic hydroxyl groups is 1. The van der Waals surface area contributed by atoms with Gasteiger partial charge in [-0.25, -0.2) is 4.79 Å². The van der Waals surface area contributed by atoms with Crippen LogP contribution in [-0.4, -0.2) is 21.3 Å². The maximum atomic E-state index is 10.5. The van der Waals surface area contributed by atoms with Gasteiger partial charge in [0.15, 0.2) is 0 Å². The molecule has 1 aromatic carbocycles. The first kappa shape index (κ1) is 18.2. The second-order valence-corrected chi connectivity index (χ2v) is 7.27. The molecule has 0 aromatic heterocycles. The summed E-state index contributed by atoms with van der Waals surface area (Å²) in [7, 11) is 0. The van der Waals surface area contributed by atoms with E-state index in [-0.39, 0.29) is 5.75 Å². The second kappa shape index (κ2) is 7.42. The van der Waals surface area contributed by atoms with Crippen LogP contribution in [0.2, 0.25) is 0 Å². The van der Waals surface area contributed by atoms with E-state index < -0.39 is 17.5 Å². The molecule has 0 unspecified atom stereocenters. The number of carboxylic acids is 1. The smallest absolute Gasteiger partial charge is 0.327 e. The normalized spacial score (nSPS) is 13.6. The van der Waals surface area contributed by atoms with Crippen LogP contribution in [0.3, 0.4) is 0 Å². The van der Waals surface area contributed by atoms with E-state index in [1.165, 1.54) is 0 Å². The molecule has 1 atom stereocenters. The molecular weight excluding hydrogens is 404 g/mol. The predicted molar refractivity (Wildman–Crippen MR) is 88.3 cm³/mol. The molecule has 0 aliphatic heterocycles. The zero-order valence-corrected chi connectivity index (χ0v) is 15.0. The van der Waals surface area contributed by atoms with Crippen molar-refractivity contribution in [2.75, 3.05) is 0 Å². The number of aliphatic hydroxyl groups is 1. The van der Waals surface area contributed by atoms with Crippen LogP contribution in [0.4, 0.5) is 0 Å². The van der Waals surface area contributed by atoms with Gasteiger partial charge in [-0.15, -0.1) is 0 Å². The molecule has 116 valence electrons. The Balaban J connectivity index is 2.90. The third-order valence-electron chi connectivity index (χ3n) is 3.31. The van der Waals surface area contributed by atoms with E-state index in [1.54, 1.807) is 18.2 Å². The zero-order chi connectivity index (χ0) is 16.2. The van der Waals surface area contributed by atoms with Gasteiger partial charge in [-0.3, -0.25) is 0 Å². The summed E-state index contributed by atoms with van der Waals surface area (Å²) in [6.07, 6.45) is 2.90. The fourth-order valence-electron chi connectivity index (χ4n) is 1.99. The molecule has 4 nitrogen and oxygen atoms in total. The number of aliphatic hydroxyl groups excluding tert-OH is 1. The largest absolute Gasteiger partial charge is 0.506 e. The highest BCUT2D eigenvalue weighted by Crippen LogP contribution is 2.44. The molecule has 0 aliphatic rings. The van der Waals surface area contributed by atoms with Crippen LogP contribution in [0.15, 0.2) is 33.2 Å². The molecule has 0 saturated carbocycles. The topological polar surface area (TPSA) is 77.8 Å². The average molecular weight is 422 g/mol. The molecule has 0 saturated heterocycles. The number of rotatable bonds is 6. The van der Waals surface area contributed by atoms with Crippen LogP contribution in [0.5, 0.6) is 5.75 Å². The van der Waals surface area contributed by atoms with Gasteiger partial charge >= 0.3 is 5.97 Å². The number of hydrogen-bond acceptors (Lipinski definition) is 3. The lowest BCUT2D eigenvalue weighted by atomic mass is 9.78. The van der Waals surface area contributed by atoms with Crippen LogP contribution in [0.1, 0.15) is 38.4 Å². The Labute approximate surface area is 140 Å². The summed E-state index contributed by atoms with van der Waals surface area (Å²) in [5, 5.41) is 29.2. The molecular formula is C15H18Br2O4. The molecule has 1 aromatic rings. The first-order valence-corrected chi connectivity index (χ1v) is 7.99. The van der Waals surface area contributed by atoms with Gasteiger partial charge in [0.1, 0.15) is 5.75 Å². The van der Waals surface area contributed by atoms with Gasteiger partial charge in [0.2, 0.25) is 0 Å². The van der Waals surface area contributed by atoms with Crippen molar-refractivity contribution in [3.63, 3.8) is 0 Å². The quantitative estimate of drug-likeness (QED) is 0.595. The van der Waals surface area contributed by atoms with Gasteiger partial charge in [0.05, 0.1) is 10.6 Å². The van der Waals surface area contributed by atoms with Crippen molar-refractivity contribution in [1.82, 2.24) is 0 Å². The molecule has 0 fully saturated rings. The molecule has 0 bridgehead atoms.